The normalized spacial score (nSPS) is 10.5. The van der Waals surface area contributed by atoms with Crippen molar-refractivity contribution in [1.29, 1.82) is 0 Å². The first kappa shape index (κ1) is 9.73. The third kappa shape index (κ3) is 2.32. The molecule has 1 aromatic heterocycles. The number of hydrogen-bond donors (Lipinski definition) is 1. The molecule has 0 saturated carbocycles. The van der Waals surface area contributed by atoms with Crippen molar-refractivity contribution in [3.8, 4) is 0 Å². The van der Waals surface area contributed by atoms with E-state index in [-0.39, 0.29) is 0 Å². The smallest absolute Gasteiger partial charge is 0.251 e. The standard InChI is InChI=1S/C6H4BBr2N3/c7-12-11-1-4-5(8)2-10-3-6(4)9/h1-3,12H. The summed E-state index contributed by atoms with van der Waals surface area (Å²) in [6, 6.07) is 0. The number of halogens is 2. The van der Waals surface area contributed by atoms with Crippen molar-refractivity contribution in [2.45, 2.75) is 0 Å². The van der Waals surface area contributed by atoms with Crippen molar-refractivity contribution < 1.29 is 0 Å². The zero-order chi connectivity index (χ0) is 8.97. The van der Waals surface area contributed by atoms with E-state index < -0.39 is 0 Å². The number of nitrogens with zero attached hydrogens (tertiary/aromatic N) is 2. The first-order chi connectivity index (χ1) is 5.75. The summed E-state index contributed by atoms with van der Waals surface area (Å²) in [7, 11) is 4.98. The Kier molecular flexibility index (Phi) is 3.74. The van der Waals surface area contributed by atoms with Gasteiger partial charge in [0.2, 0.25) is 0 Å². The van der Waals surface area contributed by atoms with Gasteiger partial charge in [-0.05, 0) is 31.9 Å². The molecule has 0 aromatic carbocycles. The highest BCUT2D eigenvalue weighted by Crippen LogP contribution is 2.21. The van der Waals surface area contributed by atoms with E-state index in [1.807, 2.05) is 0 Å². The molecule has 0 amide bonds. The van der Waals surface area contributed by atoms with Crippen molar-refractivity contribution >= 4 is 46.1 Å². The van der Waals surface area contributed by atoms with Gasteiger partial charge in [0, 0.05) is 26.9 Å². The SMILES string of the molecule is [B]NN=Cc1c(Br)cncc1Br. The van der Waals surface area contributed by atoms with Crippen LogP contribution in [0.15, 0.2) is 26.4 Å². The number of aromatic nitrogens is 1. The maximum Gasteiger partial charge on any atom is 0.251 e. The van der Waals surface area contributed by atoms with E-state index in [4.69, 9.17) is 7.98 Å². The Morgan fingerprint density at radius 2 is 2.00 bits per heavy atom. The lowest BCUT2D eigenvalue weighted by Crippen LogP contribution is -1.98. The zero-order valence-electron chi connectivity index (χ0n) is 5.96. The molecule has 0 unspecified atom stereocenters. The fourth-order valence-electron chi connectivity index (χ4n) is 0.646. The molecule has 12 heavy (non-hydrogen) atoms. The minimum Gasteiger partial charge on any atom is -0.366 e. The van der Waals surface area contributed by atoms with Crippen molar-refractivity contribution in [1.82, 2.24) is 10.3 Å². The Hall–Kier alpha value is -0.355. The van der Waals surface area contributed by atoms with E-state index >= 15 is 0 Å². The fourth-order valence-corrected chi connectivity index (χ4v) is 1.78. The maximum absolute atomic E-state index is 4.98. The van der Waals surface area contributed by atoms with Crippen LogP contribution in [0.1, 0.15) is 5.56 Å². The second-order valence-electron chi connectivity index (χ2n) is 1.90. The molecule has 1 rings (SSSR count). The predicted molar refractivity (Wildman–Crippen MR) is 56.1 cm³/mol. The predicted octanol–water partition coefficient (Wildman–Crippen LogP) is 1.61. The molecule has 1 heterocycles. The summed E-state index contributed by atoms with van der Waals surface area (Å²) in [5.41, 5.74) is 0.892. The average Bonchev–Trinajstić information content (AvgIpc) is 2.04. The van der Waals surface area contributed by atoms with E-state index in [9.17, 15) is 0 Å². The quantitative estimate of drug-likeness (QED) is 0.510. The van der Waals surface area contributed by atoms with Crippen LogP contribution in [0.4, 0.5) is 0 Å². The minimum atomic E-state index is 0.857. The molecule has 3 nitrogen and oxygen atoms in total. The monoisotopic (exact) mass is 287 g/mol. The van der Waals surface area contributed by atoms with Gasteiger partial charge < -0.3 is 5.34 Å². The second kappa shape index (κ2) is 4.62. The maximum atomic E-state index is 4.98. The highest BCUT2D eigenvalue weighted by Gasteiger charge is 2.01. The van der Waals surface area contributed by atoms with Gasteiger partial charge in [0.1, 0.15) is 0 Å². The lowest BCUT2D eigenvalue weighted by atomic mass is 10.3. The van der Waals surface area contributed by atoms with Crippen LogP contribution in [0.3, 0.4) is 0 Å². The molecule has 0 fully saturated rings. The summed E-state index contributed by atoms with van der Waals surface area (Å²) in [5, 5.41) is 5.86. The van der Waals surface area contributed by atoms with Gasteiger partial charge in [-0.25, -0.2) is 5.10 Å². The van der Waals surface area contributed by atoms with E-state index in [0.717, 1.165) is 14.5 Å². The Morgan fingerprint density at radius 1 is 1.42 bits per heavy atom. The Bertz CT molecular complexity index is 283. The van der Waals surface area contributed by atoms with Crippen LogP contribution >= 0.6 is 31.9 Å². The number of hydrogen-bond acceptors (Lipinski definition) is 3. The van der Waals surface area contributed by atoms with Crippen molar-refractivity contribution in [2.75, 3.05) is 0 Å². The zero-order valence-corrected chi connectivity index (χ0v) is 9.13. The summed E-state index contributed by atoms with van der Waals surface area (Å²) in [6.07, 6.45) is 4.96. The Labute approximate surface area is 88.3 Å². The average molecular weight is 289 g/mol. The summed E-state index contributed by atoms with van der Waals surface area (Å²) in [4.78, 5) is 3.95. The molecule has 1 aromatic rings. The van der Waals surface area contributed by atoms with Crippen LogP contribution in [0.5, 0.6) is 0 Å². The highest BCUT2D eigenvalue weighted by atomic mass is 79.9. The molecular formula is C6H4BBr2N3. The first-order valence-corrected chi connectivity index (χ1v) is 4.62. The highest BCUT2D eigenvalue weighted by molar-refractivity contribution is 9.11. The number of nitrogens with one attached hydrogen (secondary N) is 1. The van der Waals surface area contributed by atoms with Gasteiger partial charge in [-0.3, -0.25) is 4.98 Å². The van der Waals surface area contributed by atoms with Gasteiger partial charge in [-0.1, -0.05) is 0 Å². The third-order valence-electron chi connectivity index (χ3n) is 1.16. The second-order valence-corrected chi connectivity index (χ2v) is 3.61. The molecule has 6 heteroatoms. The molecule has 0 saturated heterocycles. The van der Waals surface area contributed by atoms with Gasteiger partial charge in [0.15, 0.2) is 0 Å². The Morgan fingerprint density at radius 3 is 2.50 bits per heavy atom. The van der Waals surface area contributed by atoms with Crippen molar-refractivity contribution in [3.05, 3.63) is 26.9 Å². The molecule has 0 aliphatic heterocycles. The van der Waals surface area contributed by atoms with Crippen LogP contribution in [0, 0.1) is 0 Å². The minimum absolute atomic E-state index is 0.857. The molecule has 2 radical (unpaired) electrons. The van der Waals surface area contributed by atoms with Crippen molar-refractivity contribution in [3.63, 3.8) is 0 Å². The van der Waals surface area contributed by atoms with Gasteiger partial charge in [0.25, 0.3) is 7.98 Å². The van der Waals surface area contributed by atoms with E-state index in [1.165, 1.54) is 0 Å². The van der Waals surface area contributed by atoms with Gasteiger partial charge >= 0.3 is 0 Å². The molecular weight excluding hydrogens is 285 g/mol. The summed E-state index contributed by atoms with van der Waals surface area (Å²) in [5.74, 6) is 0. The molecule has 60 valence electrons. The van der Waals surface area contributed by atoms with Gasteiger partial charge in [-0.15, -0.1) is 0 Å². The number of pyridine rings is 1. The molecule has 0 spiro atoms. The summed E-state index contributed by atoms with van der Waals surface area (Å²) >= 11 is 6.65. The number of rotatable bonds is 2. The molecule has 0 atom stereocenters. The van der Waals surface area contributed by atoms with Crippen LogP contribution in [0.25, 0.3) is 0 Å². The lowest BCUT2D eigenvalue weighted by Gasteiger charge is -1.99. The van der Waals surface area contributed by atoms with Crippen LogP contribution in [0.2, 0.25) is 0 Å². The molecule has 0 aliphatic carbocycles. The molecule has 0 aliphatic rings. The number of hydrazone groups is 1. The van der Waals surface area contributed by atoms with Crippen LogP contribution in [-0.4, -0.2) is 19.2 Å². The van der Waals surface area contributed by atoms with E-state index in [0.29, 0.717) is 0 Å². The Balaban J connectivity index is 3.04. The van der Waals surface area contributed by atoms with Crippen LogP contribution in [-0.2, 0) is 0 Å². The topological polar surface area (TPSA) is 37.3 Å². The van der Waals surface area contributed by atoms with Gasteiger partial charge in [-0.2, -0.15) is 0 Å². The third-order valence-corrected chi connectivity index (χ3v) is 2.42. The lowest BCUT2D eigenvalue weighted by molar-refractivity contribution is 1.10. The fraction of sp³-hybridized carbons (Fsp3) is 0. The molecule has 0 bridgehead atoms. The molecule has 1 N–H and O–H groups in total. The van der Waals surface area contributed by atoms with E-state index in [1.54, 1.807) is 18.6 Å². The summed E-state index contributed by atoms with van der Waals surface area (Å²) in [6.45, 7) is 0. The first-order valence-electron chi connectivity index (χ1n) is 3.03. The summed E-state index contributed by atoms with van der Waals surface area (Å²) < 4.78 is 1.71. The van der Waals surface area contributed by atoms with Crippen molar-refractivity contribution in [2.24, 2.45) is 5.10 Å². The van der Waals surface area contributed by atoms with Gasteiger partial charge in [0.05, 0.1) is 6.21 Å². The van der Waals surface area contributed by atoms with E-state index in [2.05, 4.69) is 47.3 Å². The largest absolute Gasteiger partial charge is 0.366 e. The van der Waals surface area contributed by atoms with Crippen LogP contribution < -0.4 is 5.34 Å².